The lowest BCUT2D eigenvalue weighted by molar-refractivity contribution is -0.384. The van der Waals surface area contributed by atoms with Crippen LogP contribution in [0.25, 0.3) is 0 Å². The first-order valence-corrected chi connectivity index (χ1v) is 10.7. The molecule has 0 bridgehead atoms. The number of hydrogen-bond acceptors (Lipinski definition) is 7. The van der Waals surface area contributed by atoms with Gasteiger partial charge in [0, 0.05) is 17.5 Å². The predicted octanol–water partition coefficient (Wildman–Crippen LogP) is 3.09. The molecule has 3 aliphatic heterocycles. The van der Waals surface area contributed by atoms with E-state index in [0.29, 0.717) is 0 Å². The van der Waals surface area contributed by atoms with Gasteiger partial charge in [-0.05, 0) is 23.3 Å². The average molecular weight is 446 g/mol. The van der Waals surface area contributed by atoms with Crippen LogP contribution < -0.4 is 4.90 Å². The molecule has 2 aromatic rings. The minimum Gasteiger partial charge on any atom is -0.297 e. The summed E-state index contributed by atoms with van der Waals surface area (Å²) in [6, 6.07) is 11.4. The molecule has 33 heavy (non-hydrogen) atoms. The second kappa shape index (κ2) is 7.06. The second-order valence-corrected chi connectivity index (χ2v) is 9.59. The second-order valence-electron chi connectivity index (χ2n) is 9.59. The molecule has 2 amide bonds. The third kappa shape index (κ3) is 2.99. The van der Waals surface area contributed by atoms with Crippen molar-refractivity contribution >= 4 is 35.2 Å². The zero-order valence-corrected chi connectivity index (χ0v) is 18.3. The number of fused-ring (bicyclic) bond motifs is 5. The molecular formula is C24H22N4O5. The number of benzene rings is 2. The molecule has 0 spiro atoms. The summed E-state index contributed by atoms with van der Waals surface area (Å²) in [4.78, 5) is 52.4. The number of hydrogen-bond donors (Lipinski definition) is 0. The van der Waals surface area contributed by atoms with Crippen molar-refractivity contribution in [2.45, 2.75) is 32.9 Å². The molecule has 0 radical (unpaired) electrons. The Morgan fingerprint density at radius 1 is 1.00 bits per heavy atom. The molecule has 3 heterocycles. The van der Waals surface area contributed by atoms with Crippen molar-refractivity contribution in [2.75, 3.05) is 4.90 Å². The summed E-state index contributed by atoms with van der Waals surface area (Å²) in [6.07, 6.45) is 1.67. The van der Waals surface area contributed by atoms with Crippen LogP contribution in [-0.2, 0) is 14.4 Å². The van der Waals surface area contributed by atoms with Gasteiger partial charge in [-0.1, -0.05) is 45.0 Å². The van der Waals surface area contributed by atoms with Crippen molar-refractivity contribution in [1.29, 1.82) is 0 Å². The number of carbonyl (C=O) groups is 3. The Kier molecular flexibility index (Phi) is 4.49. The molecule has 0 N–H and O–H groups in total. The minimum absolute atomic E-state index is 0.138. The van der Waals surface area contributed by atoms with E-state index >= 15 is 0 Å². The van der Waals surface area contributed by atoms with E-state index in [2.05, 4.69) is 5.10 Å². The van der Waals surface area contributed by atoms with Gasteiger partial charge in [-0.2, -0.15) is 5.10 Å². The van der Waals surface area contributed by atoms with Crippen molar-refractivity contribution in [2.24, 2.45) is 22.4 Å². The van der Waals surface area contributed by atoms with Crippen LogP contribution >= 0.6 is 0 Å². The topological polar surface area (TPSA) is 113 Å². The van der Waals surface area contributed by atoms with Gasteiger partial charge in [-0.3, -0.25) is 29.5 Å². The summed E-state index contributed by atoms with van der Waals surface area (Å²) < 4.78 is 0. The molecule has 0 aliphatic carbocycles. The third-order valence-electron chi connectivity index (χ3n) is 6.62. The maximum absolute atomic E-state index is 13.7. The molecule has 5 rings (SSSR count). The Morgan fingerprint density at radius 3 is 2.27 bits per heavy atom. The highest BCUT2D eigenvalue weighted by atomic mass is 16.6. The number of nitrogens with zero attached hydrogens (tertiary/aromatic N) is 4. The fourth-order valence-electron chi connectivity index (χ4n) is 5.09. The lowest BCUT2D eigenvalue weighted by Gasteiger charge is -2.35. The summed E-state index contributed by atoms with van der Waals surface area (Å²) in [6.45, 7) is 5.36. The normalized spacial score (nSPS) is 25.7. The maximum atomic E-state index is 13.7. The van der Waals surface area contributed by atoms with E-state index in [-0.39, 0.29) is 17.2 Å². The van der Waals surface area contributed by atoms with Crippen LogP contribution in [0.1, 0.15) is 37.9 Å². The minimum atomic E-state index is -0.896. The fourth-order valence-corrected chi connectivity index (χ4v) is 5.09. The zero-order chi connectivity index (χ0) is 23.7. The molecule has 2 aromatic carbocycles. The standard InChI is InChI=1S/C24H22N4O5/c1-24(2,3)21(29)20-18-17(19-16-7-5-4-6-13(16)12-25-27(19)20)22(30)26(23(18)31)14-8-10-15(11-9-14)28(32)33/h4-12,17-20H,1-3H3/t17-,18+,19+,20+/m0/s1. The lowest BCUT2D eigenvalue weighted by atomic mass is 9.79. The molecule has 9 nitrogen and oxygen atoms in total. The van der Waals surface area contributed by atoms with Gasteiger partial charge in [-0.25, -0.2) is 4.90 Å². The SMILES string of the molecule is CC(C)(C)C(=O)[C@H]1[C@@H]2C(=O)N(c3ccc([N+](=O)[O-])cc3)C(=O)[C@@H]2[C@H]2c3ccccc3C=NN21. The number of ketones is 1. The maximum Gasteiger partial charge on any atom is 0.269 e. The van der Waals surface area contributed by atoms with Crippen LogP contribution in [0, 0.1) is 27.4 Å². The monoisotopic (exact) mass is 446 g/mol. The Bertz CT molecular complexity index is 1230. The van der Waals surface area contributed by atoms with Crippen LogP contribution in [-0.4, -0.2) is 39.8 Å². The molecule has 3 aliphatic rings. The molecule has 2 fully saturated rings. The number of amides is 2. The lowest BCUT2D eigenvalue weighted by Crippen LogP contribution is -2.48. The summed E-state index contributed by atoms with van der Waals surface area (Å²) in [5.74, 6) is -2.76. The smallest absolute Gasteiger partial charge is 0.269 e. The molecule has 2 saturated heterocycles. The first-order valence-electron chi connectivity index (χ1n) is 10.7. The molecule has 4 atom stereocenters. The number of anilines is 1. The van der Waals surface area contributed by atoms with Gasteiger partial charge in [0.05, 0.1) is 34.7 Å². The zero-order valence-electron chi connectivity index (χ0n) is 18.3. The van der Waals surface area contributed by atoms with Crippen LogP contribution in [0.3, 0.4) is 0 Å². The van der Waals surface area contributed by atoms with E-state index in [9.17, 15) is 24.5 Å². The number of rotatable bonds is 3. The van der Waals surface area contributed by atoms with Gasteiger partial charge >= 0.3 is 0 Å². The Morgan fingerprint density at radius 2 is 1.64 bits per heavy atom. The Balaban J connectivity index is 1.63. The van der Waals surface area contributed by atoms with Crippen molar-refractivity contribution in [1.82, 2.24) is 5.01 Å². The van der Waals surface area contributed by atoms with E-state index in [1.165, 1.54) is 24.3 Å². The molecule has 0 aromatic heterocycles. The Hall–Kier alpha value is -3.88. The first-order chi connectivity index (χ1) is 15.6. The quantitative estimate of drug-likeness (QED) is 0.407. The molecule has 0 saturated carbocycles. The number of imide groups is 1. The summed E-state index contributed by atoms with van der Waals surface area (Å²) >= 11 is 0. The van der Waals surface area contributed by atoms with Gasteiger partial charge in [0.2, 0.25) is 11.8 Å². The summed E-state index contributed by atoms with van der Waals surface area (Å²) in [5, 5.41) is 17.2. The number of Topliss-reactive ketones (excluding diaryl/α,β-unsaturated/α-hetero) is 1. The van der Waals surface area contributed by atoms with E-state index in [1.54, 1.807) is 32.0 Å². The van der Waals surface area contributed by atoms with Crippen LogP contribution in [0.5, 0.6) is 0 Å². The number of nitro benzene ring substituents is 1. The molecule has 9 heteroatoms. The van der Waals surface area contributed by atoms with Crippen molar-refractivity contribution in [3.05, 3.63) is 69.8 Å². The van der Waals surface area contributed by atoms with Crippen LogP contribution in [0.15, 0.2) is 53.6 Å². The highest BCUT2D eigenvalue weighted by molar-refractivity contribution is 6.24. The fraction of sp³-hybridized carbons (Fsp3) is 0.333. The predicted molar refractivity (Wildman–Crippen MR) is 119 cm³/mol. The Labute approximate surface area is 189 Å². The van der Waals surface area contributed by atoms with Crippen molar-refractivity contribution < 1.29 is 19.3 Å². The van der Waals surface area contributed by atoms with Crippen molar-refractivity contribution in [3.8, 4) is 0 Å². The number of hydrazone groups is 1. The number of nitro groups is 1. The van der Waals surface area contributed by atoms with Crippen LogP contribution in [0.2, 0.25) is 0 Å². The molecule has 0 unspecified atom stereocenters. The van der Waals surface area contributed by atoms with E-state index in [1.807, 2.05) is 24.3 Å². The largest absolute Gasteiger partial charge is 0.297 e. The van der Waals surface area contributed by atoms with Gasteiger partial charge < -0.3 is 0 Å². The van der Waals surface area contributed by atoms with Crippen molar-refractivity contribution in [3.63, 3.8) is 0 Å². The van der Waals surface area contributed by atoms with E-state index in [0.717, 1.165) is 16.0 Å². The highest BCUT2D eigenvalue weighted by Gasteiger charge is 2.66. The highest BCUT2D eigenvalue weighted by Crippen LogP contribution is 2.53. The average Bonchev–Trinajstić information content (AvgIpc) is 3.25. The molecule has 168 valence electrons. The van der Waals surface area contributed by atoms with Crippen LogP contribution in [0.4, 0.5) is 11.4 Å². The number of carbonyl (C=O) groups excluding carboxylic acids is 3. The van der Waals surface area contributed by atoms with Gasteiger partial charge in [0.15, 0.2) is 5.78 Å². The van der Waals surface area contributed by atoms with Gasteiger partial charge in [-0.15, -0.1) is 0 Å². The number of non-ortho nitro benzene ring substituents is 1. The first kappa shape index (κ1) is 21.0. The summed E-state index contributed by atoms with van der Waals surface area (Å²) in [5.41, 5.74) is 1.06. The van der Waals surface area contributed by atoms with E-state index < -0.39 is 46.1 Å². The third-order valence-corrected chi connectivity index (χ3v) is 6.62. The molecular weight excluding hydrogens is 424 g/mol. The van der Waals surface area contributed by atoms with Gasteiger partial charge in [0.25, 0.3) is 5.69 Å². The van der Waals surface area contributed by atoms with E-state index in [4.69, 9.17) is 0 Å². The van der Waals surface area contributed by atoms with Gasteiger partial charge in [0.1, 0.15) is 6.04 Å². The summed E-state index contributed by atoms with van der Waals surface area (Å²) in [7, 11) is 0.